The van der Waals surface area contributed by atoms with Crippen molar-refractivity contribution in [2.24, 2.45) is 0 Å². The van der Waals surface area contributed by atoms with Crippen molar-refractivity contribution in [1.82, 2.24) is 15.3 Å². The third-order valence-electron chi connectivity index (χ3n) is 4.79. The molecule has 0 aliphatic carbocycles. The molecule has 0 aliphatic rings. The molecule has 0 saturated carbocycles. The van der Waals surface area contributed by atoms with Crippen LogP contribution in [0, 0.1) is 6.92 Å². The van der Waals surface area contributed by atoms with E-state index in [0.717, 1.165) is 11.1 Å². The van der Waals surface area contributed by atoms with E-state index in [2.05, 4.69) is 20.6 Å². The maximum atomic E-state index is 13.0. The lowest BCUT2D eigenvalue weighted by Crippen LogP contribution is -2.27. The summed E-state index contributed by atoms with van der Waals surface area (Å²) in [6, 6.07) is 15.4. The van der Waals surface area contributed by atoms with E-state index in [0.29, 0.717) is 35.1 Å². The summed E-state index contributed by atoms with van der Waals surface area (Å²) in [5, 5.41) is 6.30. The highest BCUT2D eigenvalue weighted by atomic mass is 32.2. The Hall–Kier alpha value is -3.39. The fraction of sp³-hybridized carbons (Fsp3) is 0.308. The number of amides is 2. The highest BCUT2D eigenvalue weighted by Crippen LogP contribution is 2.19. The van der Waals surface area contributed by atoms with Gasteiger partial charge in [0.15, 0.2) is 5.16 Å². The summed E-state index contributed by atoms with van der Waals surface area (Å²) in [6.45, 7) is 7.88. The van der Waals surface area contributed by atoms with Gasteiger partial charge in [0.05, 0.1) is 11.3 Å². The van der Waals surface area contributed by atoms with Crippen LogP contribution >= 0.6 is 11.8 Å². The highest BCUT2D eigenvalue weighted by Gasteiger charge is 2.18. The van der Waals surface area contributed by atoms with Crippen LogP contribution < -0.4 is 10.6 Å². The average Bonchev–Trinajstić information content (AvgIpc) is 2.77. The van der Waals surface area contributed by atoms with Gasteiger partial charge in [0, 0.05) is 24.8 Å². The van der Waals surface area contributed by atoms with Gasteiger partial charge < -0.3 is 10.1 Å². The Labute approximate surface area is 204 Å². The summed E-state index contributed by atoms with van der Waals surface area (Å²) >= 11 is 1.41. The van der Waals surface area contributed by atoms with Gasteiger partial charge in [-0.25, -0.2) is 14.8 Å². The summed E-state index contributed by atoms with van der Waals surface area (Å²) in [4.78, 5) is 34.0. The lowest BCUT2D eigenvalue weighted by Gasteiger charge is -2.19. The molecule has 0 unspecified atom stereocenters. The molecule has 7 nitrogen and oxygen atoms in total. The van der Waals surface area contributed by atoms with Gasteiger partial charge in [0.1, 0.15) is 5.60 Å². The number of hydrogen-bond donors (Lipinski definition) is 2. The monoisotopic (exact) mass is 478 g/mol. The van der Waals surface area contributed by atoms with Gasteiger partial charge in [0.25, 0.3) is 5.91 Å². The van der Waals surface area contributed by atoms with Gasteiger partial charge in [-0.15, -0.1) is 0 Å². The number of anilines is 1. The Balaban J connectivity index is 1.76. The molecule has 2 N–H and O–H groups in total. The lowest BCUT2D eigenvalue weighted by atomic mass is 10.0. The number of hydrogen-bond acceptors (Lipinski definition) is 6. The van der Waals surface area contributed by atoms with Crippen LogP contribution in [0.15, 0.2) is 59.9 Å². The van der Waals surface area contributed by atoms with Crippen LogP contribution in [0.1, 0.15) is 53.5 Å². The van der Waals surface area contributed by atoms with Crippen molar-refractivity contribution in [1.29, 1.82) is 0 Å². The van der Waals surface area contributed by atoms with Crippen molar-refractivity contribution in [3.63, 3.8) is 0 Å². The minimum absolute atomic E-state index is 0.230. The first-order valence-electron chi connectivity index (χ1n) is 11.0. The maximum Gasteiger partial charge on any atom is 0.412 e. The molecule has 3 rings (SSSR count). The summed E-state index contributed by atoms with van der Waals surface area (Å²) in [5.74, 6) is -0.230. The molecule has 0 fully saturated rings. The fourth-order valence-corrected chi connectivity index (χ4v) is 3.54. The SMILES string of the molecule is CSc1ncc(C(=O)NCc2ccc(C)cc2)c(Cc2cccc(NC(=O)OC(C)(C)C)c2)n1. The second kappa shape index (κ2) is 11.2. The van der Waals surface area contributed by atoms with Gasteiger partial charge in [-0.2, -0.15) is 0 Å². The summed E-state index contributed by atoms with van der Waals surface area (Å²) < 4.78 is 5.32. The Kier molecular flexibility index (Phi) is 8.28. The third kappa shape index (κ3) is 7.59. The van der Waals surface area contributed by atoms with E-state index in [1.807, 2.05) is 76.4 Å². The van der Waals surface area contributed by atoms with Crippen LogP contribution in [0.4, 0.5) is 10.5 Å². The molecule has 0 spiro atoms. The van der Waals surface area contributed by atoms with E-state index in [9.17, 15) is 9.59 Å². The maximum absolute atomic E-state index is 13.0. The number of carbonyl (C=O) groups excluding carboxylic acids is 2. The van der Waals surface area contributed by atoms with Crippen molar-refractivity contribution >= 4 is 29.4 Å². The minimum atomic E-state index is -0.586. The van der Waals surface area contributed by atoms with Crippen LogP contribution in [0.25, 0.3) is 0 Å². The van der Waals surface area contributed by atoms with E-state index < -0.39 is 11.7 Å². The Morgan fingerprint density at radius 3 is 2.47 bits per heavy atom. The summed E-state index contributed by atoms with van der Waals surface area (Å²) in [7, 11) is 0. The quantitative estimate of drug-likeness (QED) is 0.350. The number of rotatable bonds is 7. The van der Waals surface area contributed by atoms with Crippen molar-refractivity contribution in [2.75, 3.05) is 11.6 Å². The van der Waals surface area contributed by atoms with Crippen LogP contribution in [0.5, 0.6) is 0 Å². The molecule has 0 saturated heterocycles. The van der Waals surface area contributed by atoms with Gasteiger partial charge in [-0.3, -0.25) is 10.1 Å². The van der Waals surface area contributed by atoms with Crippen molar-refractivity contribution in [2.45, 2.75) is 51.4 Å². The van der Waals surface area contributed by atoms with Crippen LogP contribution in [-0.2, 0) is 17.7 Å². The number of aromatic nitrogens is 2. The molecule has 0 aliphatic heterocycles. The van der Waals surface area contributed by atoms with Gasteiger partial charge in [-0.05, 0) is 57.2 Å². The van der Waals surface area contributed by atoms with E-state index in [-0.39, 0.29) is 5.91 Å². The minimum Gasteiger partial charge on any atom is -0.444 e. The summed E-state index contributed by atoms with van der Waals surface area (Å²) in [5.41, 5.74) is 4.15. The molecular formula is C26H30N4O3S. The van der Waals surface area contributed by atoms with E-state index in [4.69, 9.17) is 4.74 Å². The van der Waals surface area contributed by atoms with Gasteiger partial charge in [0.2, 0.25) is 0 Å². The molecule has 1 aromatic heterocycles. The fourth-order valence-electron chi connectivity index (χ4n) is 3.18. The predicted octanol–water partition coefficient (Wildman–Crippen LogP) is 5.37. The zero-order chi connectivity index (χ0) is 24.7. The van der Waals surface area contributed by atoms with Gasteiger partial charge in [-0.1, -0.05) is 53.7 Å². The van der Waals surface area contributed by atoms with Crippen molar-refractivity contribution in [3.05, 3.63) is 82.7 Å². The molecule has 0 bridgehead atoms. The predicted molar refractivity (Wildman–Crippen MR) is 135 cm³/mol. The normalized spacial score (nSPS) is 11.1. The zero-order valence-corrected chi connectivity index (χ0v) is 21.0. The van der Waals surface area contributed by atoms with Crippen molar-refractivity contribution < 1.29 is 14.3 Å². The zero-order valence-electron chi connectivity index (χ0n) is 20.1. The molecule has 2 aromatic carbocycles. The smallest absolute Gasteiger partial charge is 0.412 e. The van der Waals surface area contributed by atoms with E-state index in [1.54, 1.807) is 12.3 Å². The molecule has 0 atom stereocenters. The number of nitrogens with zero attached hydrogens (tertiary/aromatic N) is 2. The number of ether oxygens (including phenoxy) is 1. The molecular weight excluding hydrogens is 448 g/mol. The number of benzene rings is 2. The van der Waals surface area contributed by atoms with Gasteiger partial charge >= 0.3 is 6.09 Å². The largest absolute Gasteiger partial charge is 0.444 e. The number of carbonyl (C=O) groups is 2. The molecule has 8 heteroatoms. The average molecular weight is 479 g/mol. The second-order valence-electron chi connectivity index (χ2n) is 8.89. The van der Waals surface area contributed by atoms with Crippen LogP contribution in [-0.4, -0.2) is 33.8 Å². The van der Waals surface area contributed by atoms with E-state index >= 15 is 0 Å². The van der Waals surface area contributed by atoms with Crippen LogP contribution in [0.2, 0.25) is 0 Å². The van der Waals surface area contributed by atoms with Crippen molar-refractivity contribution in [3.8, 4) is 0 Å². The number of thioether (sulfide) groups is 1. The third-order valence-corrected chi connectivity index (χ3v) is 5.35. The number of nitrogens with one attached hydrogen (secondary N) is 2. The molecule has 2 amide bonds. The highest BCUT2D eigenvalue weighted by molar-refractivity contribution is 7.98. The van der Waals surface area contributed by atoms with Crippen LogP contribution in [0.3, 0.4) is 0 Å². The van der Waals surface area contributed by atoms with E-state index in [1.165, 1.54) is 17.3 Å². The molecule has 34 heavy (non-hydrogen) atoms. The molecule has 1 heterocycles. The molecule has 0 radical (unpaired) electrons. The molecule has 178 valence electrons. The first kappa shape index (κ1) is 25.2. The topological polar surface area (TPSA) is 93.2 Å². The summed E-state index contributed by atoms with van der Waals surface area (Å²) in [6.07, 6.45) is 3.35. The first-order valence-corrected chi connectivity index (χ1v) is 12.2. The Morgan fingerprint density at radius 2 is 1.79 bits per heavy atom. The standard InChI is InChI=1S/C26H30N4O3S/c1-17-9-11-18(12-10-17)15-27-23(31)21-16-28-24(34-5)30-22(21)14-19-7-6-8-20(13-19)29-25(32)33-26(2,3)4/h6-13,16H,14-15H2,1-5H3,(H,27,31)(H,29,32). The Bertz CT molecular complexity index is 1160. The Morgan fingerprint density at radius 1 is 1.06 bits per heavy atom. The lowest BCUT2D eigenvalue weighted by molar-refractivity contribution is 0.0635. The molecule has 3 aromatic rings. The number of aryl methyl sites for hydroxylation is 1. The second-order valence-corrected chi connectivity index (χ2v) is 9.66. The first-order chi connectivity index (χ1) is 16.1.